The molecule has 1 N–H and O–H groups in total. The number of anilines is 1. The number of hydrogen-bond donors (Lipinski definition) is 1. The summed E-state index contributed by atoms with van der Waals surface area (Å²) in [5.41, 5.74) is 3.71. The van der Waals surface area contributed by atoms with Crippen molar-refractivity contribution in [3.63, 3.8) is 0 Å². The molecule has 17 heavy (non-hydrogen) atoms. The Balaban J connectivity index is 2.35. The summed E-state index contributed by atoms with van der Waals surface area (Å²) in [7, 11) is 0. The van der Waals surface area contributed by atoms with Crippen molar-refractivity contribution in [1.82, 2.24) is 0 Å². The summed E-state index contributed by atoms with van der Waals surface area (Å²) in [6, 6.07) is 6.57. The zero-order valence-electron chi connectivity index (χ0n) is 11.3. The van der Waals surface area contributed by atoms with E-state index in [0.29, 0.717) is 0 Å². The van der Waals surface area contributed by atoms with Gasteiger partial charge >= 0.3 is 0 Å². The largest absolute Gasteiger partial charge is 0.391 e. The van der Waals surface area contributed by atoms with Gasteiger partial charge in [0.05, 0.1) is 11.6 Å². The van der Waals surface area contributed by atoms with Crippen molar-refractivity contribution in [2.24, 2.45) is 0 Å². The molecule has 1 fully saturated rings. The Morgan fingerprint density at radius 3 is 2.59 bits per heavy atom. The zero-order chi connectivity index (χ0) is 12.6. The summed E-state index contributed by atoms with van der Waals surface area (Å²) in [5.74, 6) is 0. The highest BCUT2D eigenvalue weighted by molar-refractivity contribution is 5.53. The third-order valence-electron chi connectivity index (χ3n) is 4.17. The molecule has 0 saturated carbocycles. The molecule has 94 valence electrons. The Hall–Kier alpha value is -1.02. The highest BCUT2D eigenvalue weighted by atomic mass is 16.3. The van der Waals surface area contributed by atoms with Crippen molar-refractivity contribution in [1.29, 1.82) is 0 Å². The Kier molecular flexibility index (Phi) is 3.17. The number of benzene rings is 1. The maximum Gasteiger partial charge on any atom is 0.0767 e. The Bertz CT molecular complexity index is 411. The lowest BCUT2D eigenvalue weighted by atomic mass is 9.86. The quantitative estimate of drug-likeness (QED) is 0.806. The number of rotatable bonds is 1. The van der Waals surface area contributed by atoms with E-state index in [0.717, 1.165) is 19.4 Å². The maximum atomic E-state index is 10.2. The molecule has 0 aromatic heterocycles. The van der Waals surface area contributed by atoms with Crippen LogP contribution in [0, 0.1) is 13.8 Å². The van der Waals surface area contributed by atoms with Crippen molar-refractivity contribution in [3.8, 4) is 0 Å². The monoisotopic (exact) mass is 233 g/mol. The van der Waals surface area contributed by atoms with Crippen molar-refractivity contribution in [2.75, 3.05) is 11.4 Å². The topological polar surface area (TPSA) is 23.5 Å². The molecule has 1 atom stereocenters. The molecule has 1 aliphatic rings. The van der Waals surface area contributed by atoms with Crippen molar-refractivity contribution in [2.45, 2.75) is 52.2 Å². The van der Waals surface area contributed by atoms with Crippen LogP contribution in [0.4, 0.5) is 5.69 Å². The van der Waals surface area contributed by atoms with Crippen molar-refractivity contribution >= 4 is 5.69 Å². The lowest BCUT2D eigenvalue weighted by Crippen LogP contribution is -2.56. The first-order valence-corrected chi connectivity index (χ1v) is 6.46. The molecule has 2 heteroatoms. The molecular formula is C15H23NO. The van der Waals surface area contributed by atoms with Crippen LogP contribution in [0.15, 0.2) is 18.2 Å². The lowest BCUT2D eigenvalue weighted by Gasteiger charge is -2.47. The normalized spacial score (nSPS) is 23.8. The van der Waals surface area contributed by atoms with Gasteiger partial charge in [-0.25, -0.2) is 0 Å². The minimum absolute atomic E-state index is 0.167. The molecule has 0 amide bonds. The van der Waals surface area contributed by atoms with Crippen LogP contribution >= 0.6 is 0 Å². The van der Waals surface area contributed by atoms with Crippen LogP contribution in [0.25, 0.3) is 0 Å². The van der Waals surface area contributed by atoms with Crippen LogP contribution in [-0.2, 0) is 0 Å². The maximum absolute atomic E-state index is 10.2. The molecule has 1 aromatic carbocycles. The molecule has 1 aliphatic heterocycles. The van der Waals surface area contributed by atoms with Crippen LogP contribution in [0.3, 0.4) is 0 Å². The summed E-state index contributed by atoms with van der Waals surface area (Å²) in [5, 5.41) is 10.2. The third kappa shape index (κ3) is 2.19. The van der Waals surface area contributed by atoms with Gasteiger partial charge < -0.3 is 10.0 Å². The molecule has 1 saturated heterocycles. The molecule has 2 nitrogen and oxygen atoms in total. The fourth-order valence-electron chi connectivity index (χ4n) is 2.62. The second-order valence-corrected chi connectivity index (χ2v) is 5.73. The predicted octanol–water partition coefficient (Wildman–Crippen LogP) is 3.04. The average Bonchev–Trinajstić information content (AvgIpc) is 2.26. The van der Waals surface area contributed by atoms with Crippen molar-refractivity contribution < 1.29 is 5.11 Å². The van der Waals surface area contributed by atoms with Gasteiger partial charge in [0.1, 0.15) is 0 Å². The molecular weight excluding hydrogens is 210 g/mol. The number of piperidine rings is 1. The first-order valence-electron chi connectivity index (χ1n) is 6.46. The fraction of sp³-hybridized carbons (Fsp3) is 0.600. The van der Waals surface area contributed by atoms with E-state index >= 15 is 0 Å². The van der Waals surface area contributed by atoms with Gasteiger partial charge in [0.2, 0.25) is 0 Å². The summed E-state index contributed by atoms with van der Waals surface area (Å²) < 4.78 is 0. The second kappa shape index (κ2) is 4.34. The minimum atomic E-state index is -0.238. The predicted molar refractivity (Wildman–Crippen MR) is 72.6 cm³/mol. The molecule has 0 spiro atoms. The number of hydrogen-bond acceptors (Lipinski definition) is 2. The van der Waals surface area contributed by atoms with E-state index in [-0.39, 0.29) is 11.6 Å². The molecule has 0 aliphatic carbocycles. The van der Waals surface area contributed by atoms with E-state index in [2.05, 4.69) is 50.8 Å². The zero-order valence-corrected chi connectivity index (χ0v) is 11.3. The third-order valence-corrected chi connectivity index (χ3v) is 4.17. The first-order chi connectivity index (χ1) is 7.93. The SMILES string of the molecule is Cc1ccc(N2CCCC(O)C2(C)C)cc1C. The summed E-state index contributed by atoms with van der Waals surface area (Å²) in [6.45, 7) is 9.58. The van der Waals surface area contributed by atoms with Crippen LogP contribution in [0.1, 0.15) is 37.8 Å². The Morgan fingerprint density at radius 2 is 1.94 bits per heavy atom. The van der Waals surface area contributed by atoms with Crippen LogP contribution in [0.2, 0.25) is 0 Å². The second-order valence-electron chi connectivity index (χ2n) is 5.73. The van der Waals surface area contributed by atoms with Gasteiger partial charge in [-0.1, -0.05) is 6.07 Å². The summed E-state index contributed by atoms with van der Waals surface area (Å²) in [4.78, 5) is 2.34. The highest BCUT2D eigenvalue weighted by Crippen LogP contribution is 2.33. The standard InChI is InChI=1S/C15H23NO/c1-11-7-8-13(10-12(11)2)16-9-5-6-14(17)15(16,3)4/h7-8,10,14,17H,5-6,9H2,1-4H3. The Labute approximate surface area is 104 Å². The van der Waals surface area contributed by atoms with Gasteiger partial charge in [0.15, 0.2) is 0 Å². The molecule has 0 radical (unpaired) electrons. The number of nitrogens with zero attached hydrogens (tertiary/aromatic N) is 1. The molecule has 1 aromatic rings. The van der Waals surface area contributed by atoms with Crippen molar-refractivity contribution in [3.05, 3.63) is 29.3 Å². The molecule has 2 rings (SSSR count). The minimum Gasteiger partial charge on any atom is -0.391 e. The fourth-order valence-corrected chi connectivity index (χ4v) is 2.62. The first kappa shape index (κ1) is 12.4. The van der Waals surface area contributed by atoms with Crippen LogP contribution in [-0.4, -0.2) is 23.3 Å². The average molecular weight is 233 g/mol. The van der Waals surface area contributed by atoms with Gasteiger partial charge in [-0.2, -0.15) is 0 Å². The Morgan fingerprint density at radius 1 is 1.24 bits per heavy atom. The van der Waals surface area contributed by atoms with E-state index in [1.807, 2.05) is 0 Å². The van der Waals surface area contributed by atoms with Crippen LogP contribution < -0.4 is 4.90 Å². The van der Waals surface area contributed by atoms with Gasteiger partial charge in [0, 0.05) is 12.2 Å². The molecule has 1 unspecified atom stereocenters. The van der Waals surface area contributed by atoms with Gasteiger partial charge in [-0.3, -0.25) is 0 Å². The molecule has 0 bridgehead atoms. The van der Waals surface area contributed by atoms with Crippen LogP contribution in [0.5, 0.6) is 0 Å². The van der Waals surface area contributed by atoms with E-state index in [1.165, 1.54) is 16.8 Å². The number of aliphatic hydroxyl groups is 1. The van der Waals surface area contributed by atoms with E-state index in [9.17, 15) is 5.11 Å². The highest BCUT2D eigenvalue weighted by Gasteiger charge is 2.37. The summed E-state index contributed by atoms with van der Waals surface area (Å²) >= 11 is 0. The summed E-state index contributed by atoms with van der Waals surface area (Å²) in [6.07, 6.45) is 1.74. The van der Waals surface area contributed by atoms with E-state index < -0.39 is 0 Å². The van der Waals surface area contributed by atoms with Gasteiger partial charge in [-0.15, -0.1) is 0 Å². The van der Waals surface area contributed by atoms with Gasteiger partial charge in [-0.05, 0) is 63.8 Å². The van der Waals surface area contributed by atoms with Gasteiger partial charge in [0.25, 0.3) is 0 Å². The smallest absolute Gasteiger partial charge is 0.0767 e. The number of aliphatic hydroxyl groups excluding tert-OH is 1. The lowest BCUT2D eigenvalue weighted by molar-refractivity contribution is 0.0711. The van der Waals surface area contributed by atoms with E-state index in [1.54, 1.807) is 0 Å². The van der Waals surface area contributed by atoms with E-state index in [4.69, 9.17) is 0 Å². The molecule has 1 heterocycles. The number of aryl methyl sites for hydroxylation is 2.